The molecule has 1 aromatic heterocycles. The maximum atomic E-state index is 10.8. The monoisotopic (exact) mass is 319 g/mol. The number of hydrogen-bond donors (Lipinski definition) is 1. The zero-order chi connectivity index (χ0) is 12.8. The van der Waals surface area contributed by atoms with Crippen LogP contribution >= 0.6 is 27.7 Å². The summed E-state index contributed by atoms with van der Waals surface area (Å²) >= 11 is 5.03. The summed E-state index contributed by atoms with van der Waals surface area (Å²) in [5.41, 5.74) is 0.494. The second kappa shape index (κ2) is 6.80. The van der Waals surface area contributed by atoms with Crippen LogP contribution in [0.3, 0.4) is 0 Å². The van der Waals surface area contributed by atoms with Crippen molar-refractivity contribution in [3.63, 3.8) is 0 Å². The number of aromatic nitrogens is 1. The van der Waals surface area contributed by atoms with Gasteiger partial charge in [-0.1, -0.05) is 6.92 Å². The van der Waals surface area contributed by atoms with Crippen LogP contribution < -0.4 is 5.32 Å². The summed E-state index contributed by atoms with van der Waals surface area (Å²) in [7, 11) is 0. The lowest BCUT2D eigenvalue weighted by Crippen LogP contribution is -2.14. The van der Waals surface area contributed by atoms with Gasteiger partial charge >= 0.3 is 5.69 Å². The standard InChI is InChI=1S/C10H14BrN3O2S/c1-7(6-17-2)3-13-10-8(11)4-12-5-9(10)14(15)16/h4-5,7H,3,6H2,1-2H3,(H,12,13). The van der Waals surface area contributed by atoms with Crippen LogP contribution in [0.2, 0.25) is 0 Å². The third-order valence-electron chi connectivity index (χ3n) is 2.15. The molecule has 1 rings (SSSR count). The van der Waals surface area contributed by atoms with E-state index in [1.165, 1.54) is 6.20 Å². The number of halogens is 1. The molecule has 1 heterocycles. The summed E-state index contributed by atoms with van der Waals surface area (Å²) in [5, 5.41) is 14.0. The molecule has 0 aliphatic carbocycles. The number of nitrogens with zero attached hydrogens (tertiary/aromatic N) is 2. The number of anilines is 1. The van der Waals surface area contributed by atoms with Gasteiger partial charge < -0.3 is 5.32 Å². The van der Waals surface area contributed by atoms with E-state index in [1.807, 2.05) is 6.26 Å². The molecule has 1 N–H and O–H groups in total. The van der Waals surface area contributed by atoms with Crippen molar-refractivity contribution in [2.24, 2.45) is 5.92 Å². The summed E-state index contributed by atoms with van der Waals surface area (Å²) in [5.74, 6) is 1.47. The molecule has 0 aromatic carbocycles. The number of nitrogens with one attached hydrogen (secondary N) is 1. The Morgan fingerprint density at radius 2 is 2.35 bits per heavy atom. The summed E-state index contributed by atoms with van der Waals surface area (Å²) in [6.07, 6.45) is 4.85. The van der Waals surface area contributed by atoms with Gasteiger partial charge in [-0.15, -0.1) is 0 Å². The van der Waals surface area contributed by atoms with Crippen LogP contribution in [0.5, 0.6) is 0 Å². The molecule has 17 heavy (non-hydrogen) atoms. The highest BCUT2D eigenvalue weighted by Crippen LogP contribution is 2.31. The van der Waals surface area contributed by atoms with Crippen molar-refractivity contribution in [1.82, 2.24) is 4.98 Å². The third-order valence-corrected chi connectivity index (χ3v) is 3.66. The summed E-state index contributed by atoms with van der Waals surface area (Å²) in [6, 6.07) is 0. The first kappa shape index (κ1) is 14.2. The zero-order valence-electron chi connectivity index (χ0n) is 9.64. The summed E-state index contributed by atoms with van der Waals surface area (Å²) < 4.78 is 0.614. The zero-order valence-corrected chi connectivity index (χ0v) is 12.0. The molecule has 0 aliphatic rings. The number of thioether (sulfide) groups is 1. The lowest BCUT2D eigenvalue weighted by molar-refractivity contribution is -0.384. The molecule has 0 saturated heterocycles. The SMILES string of the molecule is CSCC(C)CNc1c(Br)cncc1[N+](=O)[O-]. The van der Waals surface area contributed by atoms with Gasteiger partial charge in [0.2, 0.25) is 0 Å². The average Bonchev–Trinajstić information content (AvgIpc) is 2.27. The first-order valence-corrected chi connectivity index (χ1v) is 7.25. The minimum absolute atomic E-state index is 0.00396. The third kappa shape index (κ3) is 4.16. The predicted octanol–water partition coefficient (Wildman–Crippen LogP) is 3.16. The number of rotatable bonds is 6. The van der Waals surface area contributed by atoms with Crippen LogP contribution in [0.25, 0.3) is 0 Å². The molecule has 94 valence electrons. The Labute approximate surface area is 113 Å². The quantitative estimate of drug-likeness (QED) is 0.644. The number of nitro groups is 1. The van der Waals surface area contributed by atoms with Crippen LogP contribution in [0.4, 0.5) is 11.4 Å². The minimum atomic E-state index is -0.431. The molecule has 0 amide bonds. The molecular formula is C10H14BrN3O2S. The lowest BCUT2D eigenvalue weighted by atomic mass is 10.2. The van der Waals surface area contributed by atoms with Gasteiger partial charge in [-0.05, 0) is 33.9 Å². The van der Waals surface area contributed by atoms with Crippen molar-refractivity contribution in [1.29, 1.82) is 0 Å². The van der Waals surface area contributed by atoms with Gasteiger partial charge in [0.25, 0.3) is 0 Å². The highest BCUT2D eigenvalue weighted by molar-refractivity contribution is 9.10. The van der Waals surface area contributed by atoms with E-state index in [-0.39, 0.29) is 5.69 Å². The molecule has 0 radical (unpaired) electrons. The van der Waals surface area contributed by atoms with Gasteiger partial charge in [0.1, 0.15) is 11.9 Å². The fourth-order valence-electron chi connectivity index (χ4n) is 1.36. The van der Waals surface area contributed by atoms with Crippen molar-refractivity contribution in [3.05, 3.63) is 27.0 Å². The molecule has 0 aliphatic heterocycles. The molecule has 1 atom stereocenters. The Morgan fingerprint density at radius 1 is 1.65 bits per heavy atom. The van der Waals surface area contributed by atoms with E-state index in [9.17, 15) is 10.1 Å². The van der Waals surface area contributed by atoms with Crippen LogP contribution in [0, 0.1) is 16.0 Å². The van der Waals surface area contributed by atoms with Gasteiger partial charge in [0.15, 0.2) is 0 Å². The van der Waals surface area contributed by atoms with Crippen LogP contribution in [-0.4, -0.2) is 28.5 Å². The second-order valence-corrected chi connectivity index (χ2v) is 5.48. The summed E-state index contributed by atoms with van der Waals surface area (Å²) in [4.78, 5) is 14.2. The van der Waals surface area contributed by atoms with Crippen molar-refractivity contribution >= 4 is 39.1 Å². The van der Waals surface area contributed by atoms with Gasteiger partial charge in [-0.2, -0.15) is 11.8 Å². The lowest BCUT2D eigenvalue weighted by Gasteiger charge is -2.13. The molecule has 1 unspecified atom stereocenters. The topological polar surface area (TPSA) is 68.1 Å². The molecule has 0 saturated carbocycles. The largest absolute Gasteiger partial charge is 0.378 e. The van der Waals surface area contributed by atoms with Crippen molar-refractivity contribution < 1.29 is 4.92 Å². The van der Waals surface area contributed by atoms with E-state index in [4.69, 9.17) is 0 Å². The Kier molecular flexibility index (Phi) is 5.70. The number of pyridine rings is 1. The Morgan fingerprint density at radius 3 is 2.94 bits per heavy atom. The normalized spacial score (nSPS) is 12.2. The first-order chi connectivity index (χ1) is 8.06. The van der Waals surface area contributed by atoms with Crippen molar-refractivity contribution in [2.45, 2.75) is 6.92 Å². The molecule has 0 fully saturated rings. The number of hydrogen-bond acceptors (Lipinski definition) is 5. The van der Waals surface area contributed by atoms with E-state index >= 15 is 0 Å². The smallest absolute Gasteiger partial charge is 0.311 e. The molecule has 0 bridgehead atoms. The highest BCUT2D eigenvalue weighted by atomic mass is 79.9. The molecule has 1 aromatic rings. The van der Waals surface area contributed by atoms with Crippen LogP contribution in [0.15, 0.2) is 16.9 Å². The van der Waals surface area contributed by atoms with E-state index < -0.39 is 4.92 Å². The van der Waals surface area contributed by atoms with E-state index in [0.717, 1.165) is 5.75 Å². The van der Waals surface area contributed by atoms with Crippen LogP contribution in [-0.2, 0) is 0 Å². The predicted molar refractivity (Wildman–Crippen MR) is 74.6 cm³/mol. The molecule has 7 heteroatoms. The van der Waals surface area contributed by atoms with Crippen molar-refractivity contribution in [3.8, 4) is 0 Å². The minimum Gasteiger partial charge on any atom is -0.378 e. The first-order valence-electron chi connectivity index (χ1n) is 5.07. The average molecular weight is 320 g/mol. The van der Waals surface area contributed by atoms with Gasteiger partial charge in [-0.3, -0.25) is 15.1 Å². The summed E-state index contributed by atoms with van der Waals surface area (Å²) in [6.45, 7) is 2.80. The fourth-order valence-corrected chi connectivity index (χ4v) is 2.51. The van der Waals surface area contributed by atoms with Gasteiger partial charge in [0, 0.05) is 12.7 Å². The van der Waals surface area contributed by atoms with E-state index in [0.29, 0.717) is 22.6 Å². The molecular weight excluding hydrogens is 306 g/mol. The fraction of sp³-hybridized carbons (Fsp3) is 0.500. The Balaban J connectivity index is 2.79. The Hall–Kier alpha value is -0.820. The van der Waals surface area contributed by atoms with Gasteiger partial charge in [-0.25, -0.2) is 0 Å². The van der Waals surface area contributed by atoms with Crippen molar-refractivity contribution in [2.75, 3.05) is 23.9 Å². The second-order valence-electron chi connectivity index (χ2n) is 3.71. The highest BCUT2D eigenvalue weighted by Gasteiger charge is 2.17. The van der Waals surface area contributed by atoms with Gasteiger partial charge in [0.05, 0.1) is 9.40 Å². The van der Waals surface area contributed by atoms with Crippen LogP contribution in [0.1, 0.15) is 6.92 Å². The molecule has 0 spiro atoms. The Bertz CT molecular complexity index is 403. The molecule has 5 nitrogen and oxygen atoms in total. The van der Waals surface area contributed by atoms with E-state index in [1.54, 1.807) is 18.0 Å². The maximum Gasteiger partial charge on any atom is 0.311 e. The van der Waals surface area contributed by atoms with E-state index in [2.05, 4.69) is 33.2 Å². The maximum absolute atomic E-state index is 10.8.